The Morgan fingerprint density at radius 3 is 2.65 bits per heavy atom. The fourth-order valence-corrected chi connectivity index (χ4v) is 2.28. The SMILES string of the molecule is Cc1ccccc1OCC(=O)NCC(=O)NN=Cc1cccc(Cl)c1Cl. The van der Waals surface area contributed by atoms with Gasteiger partial charge in [-0.3, -0.25) is 9.59 Å². The molecule has 0 aliphatic rings. The normalized spacial score (nSPS) is 10.6. The molecule has 0 aliphatic heterocycles. The molecule has 0 aliphatic carbocycles. The van der Waals surface area contributed by atoms with Crippen LogP contribution in [0.4, 0.5) is 0 Å². The maximum absolute atomic E-state index is 11.7. The van der Waals surface area contributed by atoms with Crippen molar-refractivity contribution in [2.75, 3.05) is 13.2 Å². The molecule has 0 bridgehead atoms. The minimum Gasteiger partial charge on any atom is -0.484 e. The first-order valence-electron chi connectivity index (χ1n) is 7.68. The third kappa shape index (κ3) is 6.06. The Morgan fingerprint density at radius 1 is 1.12 bits per heavy atom. The van der Waals surface area contributed by atoms with Crippen LogP contribution < -0.4 is 15.5 Å². The molecule has 2 aromatic carbocycles. The second-order valence-corrected chi connectivity index (χ2v) is 6.05. The maximum atomic E-state index is 11.7. The summed E-state index contributed by atoms with van der Waals surface area (Å²) in [4.78, 5) is 23.4. The Labute approximate surface area is 161 Å². The quantitative estimate of drug-likeness (QED) is 0.560. The summed E-state index contributed by atoms with van der Waals surface area (Å²) in [6, 6.07) is 12.4. The summed E-state index contributed by atoms with van der Waals surface area (Å²) >= 11 is 11.9. The van der Waals surface area contributed by atoms with Crippen LogP contribution in [0.25, 0.3) is 0 Å². The highest BCUT2D eigenvalue weighted by molar-refractivity contribution is 6.43. The van der Waals surface area contributed by atoms with Gasteiger partial charge in [0, 0.05) is 5.56 Å². The van der Waals surface area contributed by atoms with Crippen LogP contribution in [-0.4, -0.2) is 31.2 Å². The summed E-state index contributed by atoms with van der Waals surface area (Å²) in [5, 5.41) is 6.95. The van der Waals surface area contributed by atoms with Crippen LogP contribution >= 0.6 is 23.2 Å². The van der Waals surface area contributed by atoms with E-state index < -0.39 is 11.8 Å². The van der Waals surface area contributed by atoms with Gasteiger partial charge in [-0.1, -0.05) is 53.5 Å². The van der Waals surface area contributed by atoms with Crippen molar-refractivity contribution in [1.82, 2.24) is 10.7 Å². The molecule has 0 radical (unpaired) electrons. The largest absolute Gasteiger partial charge is 0.484 e. The number of nitrogens with zero attached hydrogens (tertiary/aromatic N) is 1. The zero-order chi connectivity index (χ0) is 18.9. The zero-order valence-electron chi connectivity index (χ0n) is 14.0. The number of para-hydroxylation sites is 1. The van der Waals surface area contributed by atoms with Crippen molar-refractivity contribution in [2.24, 2.45) is 5.10 Å². The van der Waals surface area contributed by atoms with Crippen molar-refractivity contribution < 1.29 is 14.3 Å². The van der Waals surface area contributed by atoms with Crippen molar-refractivity contribution >= 4 is 41.2 Å². The fraction of sp³-hybridized carbons (Fsp3) is 0.167. The number of hydrazone groups is 1. The van der Waals surface area contributed by atoms with E-state index in [9.17, 15) is 9.59 Å². The van der Waals surface area contributed by atoms with Gasteiger partial charge in [-0.25, -0.2) is 5.43 Å². The molecule has 136 valence electrons. The average Bonchev–Trinajstić information content (AvgIpc) is 2.63. The Kier molecular flexibility index (Phi) is 7.44. The van der Waals surface area contributed by atoms with Crippen LogP contribution in [-0.2, 0) is 9.59 Å². The summed E-state index contributed by atoms with van der Waals surface area (Å²) in [5.41, 5.74) is 3.78. The predicted molar refractivity (Wildman–Crippen MR) is 102 cm³/mol. The minimum absolute atomic E-state index is 0.181. The number of hydrogen-bond donors (Lipinski definition) is 2. The molecule has 0 saturated carbocycles. The van der Waals surface area contributed by atoms with Gasteiger partial charge in [0.1, 0.15) is 5.75 Å². The van der Waals surface area contributed by atoms with E-state index in [1.807, 2.05) is 25.1 Å². The first kappa shape index (κ1) is 19.8. The lowest BCUT2D eigenvalue weighted by Crippen LogP contribution is -2.37. The van der Waals surface area contributed by atoms with Gasteiger partial charge in [0.15, 0.2) is 6.61 Å². The van der Waals surface area contributed by atoms with E-state index >= 15 is 0 Å². The molecule has 6 nitrogen and oxygen atoms in total. The number of amides is 2. The number of rotatable bonds is 7. The summed E-state index contributed by atoms with van der Waals surface area (Å²) in [7, 11) is 0. The second kappa shape index (κ2) is 9.79. The van der Waals surface area contributed by atoms with Gasteiger partial charge in [0.2, 0.25) is 0 Å². The monoisotopic (exact) mass is 393 g/mol. The predicted octanol–water partition coefficient (Wildman–Crippen LogP) is 2.95. The number of carbonyl (C=O) groups excluding carboxylic acids is 2. The molecule has 0 saturated heterocycles. The summed E-state index contributed by atoms with van der Waals surface area (Å²) in [6.45, 7) is 1.47. The number of hydrogen-bond acceptors (Lipinski definition) is 4. The molecule has 0 fully saturated rings. The Morgan fingerprint density at radius 2 is 1.88 bits per heavy atom. The summed E-state index contributed by atoms with van der Waals surface area (Å²) in [6.07, 6.45) is 1.37. The second-order valence-electron chi connectivity index (χ2n) is 5.27. The molecule has 2 N–H and O–H groups in total. The topological polar surface area (TPSA) is 79.8 Å². The van der Waals surface area contributed by atoms with E-state index in [1.165, 1.54) is 6.21 Å². The van der Waals surface area contributed by atoms with Gasteiger partial charge in [-0.05, 0) is 24.6 Å². The van der Waals surface area contributed by atoms with Gasteiger partial charge >= 0.3 is 0 Å². The molecule has 26 heavy (non-hydrogen) atoms. The average molecular weight is 394 g/mol. The minimum atomic E-state index is -0.483. The van der Waals surface area contributed by atoms with E-state index in [2.05, 4.69) is 15.8 Å². The first-order valence-corrected chi connectivity index (χ1v) is 8.44. The number of nitrogens with one attached hydrogen (secondary N) is 2. The number of ether oxygens (including phenoxy) is 1. The molecule has 8 heteroatoms. The molecular formula is C18H17Cl2N3O3. The van der Waals surface area contributed by atoms with Crippen LogP contribution in [0.15, 0.2) is 47.6 Å². The third-order valence-electron chi connectivity index (χ3n) is 3.27. The maximum Gasteiger partial charge on any atom is 0.259 e. The van der Waals surface area contributed by atoms with Crippen LogP contribution in [0.5, 0.6) is 5.75 Å². The Balaban J connectivity index is 1.73. The lowest BCUT2D eigenvalue weighted by atomic mass is 10.2. The molecule has 0 heterocycles. The van der Waals surface area contributed by atoms with Gasteiger partial charge in [0.05, 0.1) is 22.8 Å². The summed E-state index contributed by atoms with van der Waals surface area (Å²) < 4.78 is 5.39. The highest BCUT2D eigenvalue weighted by Gasteiger charge is 2.07. The Hall–Kier alpha value is -2.57. The van der Waals surface area contributed by atoms with E-state index in [4.69, 9.17) is 27.9 Å². The number of halogens is 2. The fourth-order valence-electron chi connectivity index (χ4n) is 1.93. The standard InChI is InChI=1S/C18H17Cl2N3O3/c1-12-5-2-3-8-15(12)26-11-17(25)21-10-16(24)23-22-9-13-6-4-7-14(19)18(13)20/h2-9H,10-11H2,1H3,(H,21,25)(H,23,24). The van der Waals surface area contributed by atoms with E-state index in [0.717, 1.165) is 5.56 Å². The van der Waals surface area contributed by atoms with E-state index in [1.54, 1.807) is 24.3 Å². The van der Waals surface area contributed by atoms with E-state index in [-0.39, 0.29) is 13.2 Å². The summed E-state index contributed by atoms with van der Waals surface area (Å²) in [5.74, 6) is -0.274. The van der Waals surface area contributed by atoms with Crippen molar-refractivity contribution in [2.45, 2.75) is 6.92 Å². The molecule has 2 amide bonds. The smallest absolute Gasteiger partial charge is 0.259 e. The lowest BCUT2D eigenvalue weighted by Gasteiger charge is -2.08. The Bertz CT molecular complexity index is 825. The van der Waals surface area contributed by atoms with Crippen molar-refractivity contribution in [3.8, 4) is 5.75 Å². The molecular weight excluding hydrogens is 377 g/mol. The van der Waals surface area contributed by atoms with Crippen molar-refractivity contribution in [3.63, 3.8) is 0 Å². The molecule has 0 spiro atoms. The molecule has 2 aromatic rings. The highest BCUT2D eigenvalue weighted by Crippen LogP contribution is 2.24. The number of aryl methyl sites for hydroxylation is 1. The number of carbonyl (C=O) groups is 2. The van der Waals surface area contributed by atoms with Crippen LogP contribution in [0.2, 0.25) is 10.0 Å². The van der Waals surface area contributed by atoms with Crippen LogP contribution in [0, 0.1) is 6.92 Å². The number of benzene rings is 2. The van der Waals surface area contributed by atoms with Gasteiger partial charge < -0.3 is 10.1 Å². The molecule has 0 atom stereocenters. The highest BCUT2D eigenvalue weighted by atomic mass is 35.5. The van der Waals surface area contributed by atoms with Gasteiger partial charge in [0.25, 0.3) is 11.8 Å². The first-order chi connectivity index (χ1) is 12.5. The third-order valence-corrected chi connectivity index (χ3v) is 4.11. The van der Waals surface area contributed by atoms with E-state index in [0.29, 0.717) is 21.4 Å². The van der Waals surface area contributed by atoms with Crippen molar-refractivity contribution in [3.05, 3.63) is 63.6 Å². The molecule has 0 unspecified atom stereocenters. The van der Waals surface area contributed by atoms with Gasteiger partial charge in [-0.2, -0.15) is 5.10 Å². The van der Waals surface area contributed by atoms with Crippen LogP contribution in [0.3, 0.4) is 0 Å². The zero-order valence-corrected chi connectivity index (χ0v) is 15.5. The molecule has 2 rings (SSSR count). The van der Waals surface area contributed by atoms with Crippen LogP contribution in [0.1, 0.15) is 11.1 Å². The lowest BCUT2D eigenvalue weighted by molar-refractivity contribution is -0.127. The van der Waals surface area contributed by atoms with Gasteiger partial charge in [-0.15, -0.1) is 0 Å². The molecule has 0 aromatic heterocycles. The van der Waals surface area contributed by atoms with Crippen molar-refractivity contribution in [1.29, 1.82) is 0 Å².